The minimum atomic E-state index is 0.0262. The van der Waals surface area contributed by atoms with Crippen LogP contribution in [0.1, 0.15) is 25.7 Å². The lowest BCUT2D eigenvalue weighted by Gasteiger charge is -2.34. The van der Waals surface area contributed by atoms with Crippen LogP contribution in [0.3, 0.4) is 0 Å². The van der Waals surface area contributed by atoms with Gasteiger partial charge in [-0.05, 0) is 25.5 Å². The van der Waals surface area contributed by atoms with Gasteiger partial charge in [0.15, 0.2) is 0 Å². The Bertz CT molecular complexity index is 568. The first-order valence-electron chi connectivity index (χ1n) is 9.02. The fraction of sp³-hybridized carbons (Fsp3) is 0.647. The number of carbonyl (C=O) groups is 2. The van der Waals surface area contributed by atoms with Crippen LogP contribution in [0.15, 0.2) is 18.5 Å². The SMILES string of the molecule is O=C(CC1CCCN1)NCCC(=O)N1CCN(c2ncccn2)CC1. The van der Waals surface area contributed by atoms with Crippen LogP contribution < -0.4 is 15.5 Å². The molecule has 0 saturated carbocycles. The number of nitrogens with one attached hydrogen (secondary N) is 2. The maximum Gasteiger partial charge on any atom is 0.225 e. The minimum absolute atomic E-state index is 0.0262. The Morgan fingerprint density at radius 1 is 1.20 bits per heavy atom. The van der Waals surface area contributed by atoms with Crippen LogP contribution >= 0.6 is 0 Å². The Labute approximate surface area is 148 Å². The molecular formula is C17H26N6O2. The van der Waals surface area contributed by atoms with Gasteiger partial charge in [0.25, 0.3) is 0 Å². The Hall–Kier alpha value is -2.22. The normalized spacial score (nSPS) is 20.6. The standard InChI is InChI=1S/C17H26N6O2/c24-15(13-14-3-1-5-18-14)19-8-4-16(25)22-9-11-23(12-10-22)17-20-6-2-7-21-17/h2,6-7,14,18H,1,3-5,8-13H2,(H,19,24). The van der Waals surface area contributed by atoms with Crippen LogP contribution in [-0.4, -0.2) is 72.0 Å². The lowest BCUT2D eigenvalue weighted by molar-refractivity contribution is -0.131. The maximum absolute atomic E-state index is 12.3. The molecule has 1 aromatic heterocycles. The van der Waals surface area contributed by atoms with E-state index in [0.29, 0.717) is 44.5 Å². The third-order valence-corrected chi connectivity index (χ3v) is 4.72. The number of nitrogens with zero attached hydrogens (tertiary/aromatic N) is 4. The summed E-state index contributed by atoms with van der Waals surface area (Å²) in [5, 5.41) is 6.16. The van der Waals surface area contributed by atoms with E-state index >= 15 is 0 Å². The van der Waals surface area contributed by atoms with Crippen molar-refractivity contribution in [1.82, 2.24) is 25.5 Å². The Morgan fingerprint density at radius 3 is 2.64 bits per heavy atom. The minimum Gasteiger partial charge on any atom is -0.356 e. The van der Waals surface area contributed by atoms with Crippen LogP contribution in [0.5, 0.6) is 0 Å². The molecule has 2 N–H and O–H groups in total. The zero-order valence-corrected chi connectivity index (χ0v) is 14.5. The van der Waals surface area contributed by atoms with Crippen LogP contribution in [0.4, 0.5) is 5.95 Å². The van der Waals surface area contributed by atoms with Gasteiger partial charge in [-0.2, -0.15) is 0 Å². The molecule has 8 heteroatoms. The van der Waals surface area contributed by atoms with Crippen molar-refractivity contribution in [2.75, 3.05) is 44.2 Å². The van der Waals surface area contributed by atoms with E-state index in [2.05, 4.69) is 25.5 Å². The number of rotatable bonds is 6. The summed E-state index contributed by atoms with van der Waals surface area (Å²) in [6.07, 6.45) is 6.50. The van der Waals surface area contributed by atoms with Gasteiger partial charge in [-0.25, -0.2) is 9.97 Å². The van der Waals surface area contributed by atoms with Gasteiger partial charge in [0, 0.05) is 64.0 Å². The third-order valence-electron chi connectivity index (χ3n) is 4.72. The average molecular weight is 346 g/mol. The molecule has 3 heterocycles. The predicted octanol–water partition coefficient (Wildman–Crippen LogP) is -0.226. The first-order chi connectivity index (χ1) is 12.2. The summed E-state index contributed by atoms with van der Waals surface area (Å²) in [5.41, 5.74) is 0. The molecule has 2 aliphatic heterocycles. The molecule has 2 fully saturated rings. The highest BCUT2D eigenvalue weighted by atomic mass is 16.2. The maximum atomic E-state index is 12.3. The molecule has 0 aromatic carbocycles. The van der Waals surface area contributed by atoms with Gasteiger partial charge in [0.05, 0.1) is 0 Å². The Morgan fingerprint density at radius 2 is 1.96 bits per heavy atom. The second-order valence-corrected chi connectivity index (χ2v) is 6.51. The topological polar surface area (TPSA) is 90.5 Å². The lowest BCUT2D eigenvalue weighted by atomic mass is 10.1. The second-order valence-electron chi connectivity index (χ2n) is 6.51. The largest absolute Gasteiger partial charge is 0.356 e. The molecule has 1 atom stereocenters. The molecule has 8 nitrogen and oxygen atoms in total. The van der Waals surface area contributed by atoms with Gasteiger partial charge in [-0.3, -0.25) is 9.59 Å². The van der Waals surface area contributed by atoms with Gasteiger partial charge in [-0.15, -0.1) is 0 Å². The molecule has 2 aliphatic rings. The van der Waals surface area contributed by atoms with Crippen molar-refractivity contribution in [2.24, 2.45) is 0 Å². The number of anilines is 1. The van der Waals surface area contributed by atoms with Crippen molar-refractivity contribution in [3.63, 3.8) is 0 Å². The van der Waals surface area contributed by atoms with Crippen molar-refractivity contribution in [2.45, 2.75) is 31.7 Å². The molecular weight excluding hydrogens is 320 g/mol. The van der Waals surface area contributed by atoms with Crippen LogP contribution in [-0.2, 0) is 9.59 Å². The quantitative estimate of drug-likeness (QED) is 0.740. The molecule has 25 heavy (non-hydrogen) atoms. The van der Waals surface area contributed by atoms with Gasteiger partial charge in [0.1, 0.15) is 0 Å². The Balaban J connectivity index is 1.33. The number of hydrogen-bond acceptors (Lipinski definition) is 6. The van der Waals surface area contributed by atoms with E-state index in [-0.39, 0.29) is 11.8 Å². The number of carbonyl (C=O) groups excluding carboxylic acids is 2. The van der Waals surface area contributed by atoms with Crippen molar-refractivity contribution < 1.29 is 9.59 Å². The first kappa shape index (κ1) is 17.6. The van der Waals surface area contributed by atoms with Crippen molar-refractivity contribution in [3.8, 4) is 0 Å². The number of hydrogen-bond donors (Lipinski definition) is 2. The van der Waals surface area contributed by atoms with Gasteiger partial charge < -0.3 is 20.4 Å². The molecule has 2 amide bonds. The van der Waals surface area contributed by atoms with E-state index in [0.717, 1.165) is 32.5 Å². The summed E-state index contributed by atoms with van der Waals surface area (Å²) in [4.78, 5) is 36.6. The van der Waals surface area contributed by atoms with Crippen molar-refractivity contribution in [1.29, 1.82) is 0 Å². The zero-order chi connectivity index (χ0) is 17.5. The van der Waals surface area contributed by atoms with Crippen LogP contribution in [0.25, 0.3) is 0 Å². The van der Waals surface area contributed by atoms with Gasteiger partial charge >= 0.3 is 0 Å². The monoisotopic (exact) mass is 346 g/mol. The fourth-order valence-corrected chi connectivity index (χ4v) is 3.30. The summed E-state index contributed by atoms with van der Waals surface area (Å²) in [6, 6.07) is 2.09. The lowest BCUT2D eigenvalue weighted by Crippen LogP contribution is -2.49. The van der Waals surface area contributed by atoms with E-state index < -0.39 is 0 Å². The highest BCUT2D eigenvalue weighted by Gasteiger charge is 2.22. The van der Waals surface area contributed by atoms with Gasteiger partial charge in [-0.1, -0.05) is 0 Å². The summed E-state index contributed by atoms with van der Waals surface area (Å²) >= 11 is 0. The molecule has 0 spiro atoms. The number of aromatic nitrogens is 2. The summed E-state index contributed by atoms with van der Waals surface area (Å²) in [5.74, 6) is 0.827. The van der Waals surface area contributed by atoms with E-state index in [1.54, 1.807) is 18.5 Å². The highest BCUT2D eigenvalue weighted by molar-refractivity contribution is 5.79. The number of amides is 2. The molecule has 2 saturated heterocycles. The second kappa shape index (κ2) is 8.75. The van der Waals surface area contributed by atoms with E-state index in [1.807, 2.05) is 4.90 Å². The summed E-state index contributed by atoms with van der Waals surface area (Å²) < 4.78 is 0. The highest BCUT2D eigenvalue weighted by Crippen LogP contribution is 2.10. The molecule has 1 unspecified atom stereocenters. The first-order valence-corrected chi connectivity index (χ1v) is 9.02. The smallest absolute Gasteiger partial charge is 0.225 e. The summed E-state index contributed by atoms with van der Waals surface area (Å²) in [7, 11) is 0. The van der Waals surface area contributed by atoms with Crippen molar-refractivity contribution in [3.05, 3.63) is 18.5 Å². The average Bonchev–Trinajstić information content (AvgIpc) is 3.15. The van der Waals surface area contributed by atoms with Crippen LogP contribution in [0, 0.1) is 0 Å². The zero-order valence-electron chi connectivity index (χ0n) is 14.5. The molecule has 3 rings (SSSR count). The van der Waals surface area contributed by atoms with Crippen LogP contribution in [0.2, 0.25) is 0 Å². The predicted molar refractivity (Wildman–Crippen MR) is 94.1 cm³/mol. The van der Waals surface area contributed by atoms with E-state index in [4.69, 9.17) is 0 Å². The molecule has 1 aromatic rings. The fourth-order valence-electron chi connectivity index (χ4n) is 3.30. The summed E-state index contributed by atoms with van der Waals surface area (Å²) in [6.45, 7) is 4.20. The van der Waals surface area contributed by atoms with E-state index in [9.17, 15) is 9.59 Å². The molecule has 0 radical (unpaired) electrons. The number of piperazine rings is 1. The Kier molecular flexibility index (Phi) is 6.16. The molecule has 0 aliphatic carbocycles. The van der Waals surface area contributed by atoms with E-state index in [1.165, 1.54) is 0 Å². The molecule has 0 bridgehead atoms. The van der Waals surface area contributed by atoms with Crippen molar-refractivity contribution >= 4 is 17.8 Å². The molecule has 136 valence electrons. The third kappa shape index (κ3) is 5.12. The van der Waals surface area contributed by atoms with Gasteiger partial charge in [0.2, 0.25) is 17.8 Å².